The van der Waals surface area contributed by atoms with Crippen LogP contribution in [0.5, 0.6) is 0 Å². The highest BCUT2D eigenvalue weighted by Crippen LogP contribution is 2.17. The van der Waals surface area contributed by atoms with Crippen molar-refractivity contribution < 1.29 is 8.78 Å². The maximum absolute atomic E-state index is 13.6. The molecule has 0 aliphatic rings. The first kappa shape index (κ1) is 12.7. The second-order valence-corrected chi connectivity index (χ2v) is 4.77. The lowest BCUT2D eigenvalue weighted by molar-refractivity contribution is 0.498. The van der Waals surface area contributed by atoms with Crippen LogP contribution in [-0.4, -0.2) is 15.2 Å². The van der Waals surface area contributed by atoms with E-state index < -0.39 is 11.6 Å². The molecule has 1 aromatic carbocycles. The molecule has 0 radical (unpaired) electrons. The van der Waals surface area contributed by atoms with E-state index in [9.17, 15) is 8.78 Å². The zero-order valence-corrected chi connectivity index (χ0v) is 11.0. The lowest BCUT2D eigenvalue weighted by atomic mass is 10.1. The van der Waals surface area contributed by atoms with E-state index in [4.69, 9.17) is 0 Å². The zero-order chi connectivity index (χ0) is 14.1. The van der Waals surface area contributed by atoms with Crippen LogP contribution in [0.2, 0.25) is 0 Å². The van der Waals surface area contributed by atoms with Gasteiger partial charge in [0, 0.05) is 5.69 Å². The molecule has 0 atom stereocenters. The Kier molecular flexibility index (Phi) is 3.18. The Morgan fingerprint density at radius 2 is 2.05 bits per heavy atom. The molecule has 102 valence electrons. The topological polar surface area (TPSA) is 41.6 Å². The van der Waals surface area contributed by atoms with Gasteiger partial charge in [0.25, 0.3) is 0 Å². The highest BCUT2D eigenvalue weighted by atomic mass is 19.2. The summed E-state index contributed by atoms with van der Waals surface area (Å²) < 4.78 is 26.7. The number of fused-ring (bicyclic) bond motifs is 1. The van der Waals surface area contributed by atoms with E-state index in [-0.39, 0.29) is 0 Å². The summed E-state index contributed by atoms with van der Waals surface area (Å²) in [6.07, 6.45) is 2.64. The molecular weight excluding hydrogens is 260 g/mol. The molecule has 0 aliphatic carbocycles. The Bertz CT molecular complexity index is 765. The molecular formula is C15H13F2N3. The van der Waals surface area contributed by atoms with Crippen molar-refractivity contribution in [3.8, 4) is 0 Å². The van der Waals surface area contributed by atoms with E-state index in [1.165, 1.54) is 6.07 Å². The third kappa shape index (κ3) is 2.27. The quantitative estimate of drug-likeness (QED) is 0.795. The Morgan fingerprint density at radius 1 is 1.20 bits per heavy atom. The van der Waals surface area contributed by atoms with Gasteiger partial charge in [-0.2, -0.15) is 5.10 Å². The second kappa shape index (κ2) is 5.00. The highest BCUT2D eigenvalue weighted by Gasteiger charge is 2.09. The number of aryl methyl sites for hydroxylation is 3. The largest absolute Gasteiger partial charge is 0.276 e. The van der Waals surface area contributed by atoms with Gasteiger partial charge < -0.3 is 0 Å². The molecule has 5 heteroatoms. The van der Waals surface area contributed by atoms with Gasteiger partial charge in [-0.15, -0.1) is 0 Å². The average Bonchev–Trinajstić information content (AvgIpc) is 2.89. The van der Waals surface area contributed by atoms with Crippen LogP contribution in [0, 0.1) is 18.6 Å². The summed E-state index contributed by atoms with van der Waals surface area (Å²) in [5.74, 6) is -1.58. The minimum Gasteiger partial charge on any atom is -0.276 e. The molecule has 0 spiro atoms. The molecule has 3 nitrogen and oxygen atoms in total. The molecule has 3 rings (SSSR count). The highest BCUT2D eigenvalue weighted by molar-refractivity contribution is 5.76. The lowest BCUT2D eigenvalue weighted by Crippen LogP contribution is -1.99. The van der Waals surface area contributed by atoms with E-state index in [1.807, 2.05) is 13.0 Å². The van der Waals surface area contributed by atoms with Crippen molar-refractivity contribution >= 4 is 11.0 Å². The molecule has 0 unspecified atom stereocenters. The van der Waals surface area contributed by atoms with Crippen molar-refractivity contribution in [3.05, 3.63) is 58.9 Å². The number of rotatable bonds is 3. The Balaban J connectivity index is 1.84. The van der Waals surface area contributed by atoms with Crippen molar-refractivity contribution in [1.82, 2.24) is 15.2 Å². The summed E-state index contributed by atoms with van der Waals surface area (Å²) >= 11 is 0. The van der Waals surface area contributed by atoms with Crippen LogP contribution >= 0.6 is 0 Å². The van der Waals surface area contributed by atoms with Crippen molar-refractivity contribution in [2.75, 3.05) is 0 Å². The molecule has 0 amide bonds. The molecule has 20 heavy (non-hydrogen) atoms. The predicted molar refractivity (Wildman–Crippen MR) is 72.4 cm³/mol. The van der Waals surface area contributed by atoms with E-state index in [0.717, 1.165) is 28.4 Å². The summed E-state index contributed by atoms with van der Waals surface area (Å²) in [6.45, 7) is 1.97. The minimum absolute atomic E-state index is 0.372. The Morgan fingerprint density at radius 3 is 2.90 bits per heavy atom. The van der Waals surface area contributed by atoms with Crippen molar-refractivity contribution in [2.45, 2.75) is 19.8 Å². The lowest BCUT2D eigenvalue weighted by Gasteiger charge is -2.05. The van der Waals surface area contributed by atoms with Gasteiger partial charge in [-0.25, -0.2) is 13.8 Å². The molecule has 2 aromatic heterocycles. The number of pyridine rings is 1. The van der Waals surface area contributed by atoms with Gasteiger partial charge in [-0.1, -0.05) is 12.1 Å². The number of hydrogen-bond donors (Lipinski definition) is 1. The fourth-order valence-corrected chi connectivity index (χ4v) is 2.30. The molecule has 1 N–H and O–H groups in total. The Hall–Kier alpha value is -2.30. The van der Waals surface area contributed by atoms with Gasteiger partial charge in [0.2, 0.25) is 0 Å². The van der Waals surface area contributed by atoms with E-state index in [1.54, 1.807) is 12.3 Å². The van der Waals surface area contributed by atoms with Gasteiger partial charge >= 0.3 is 0 Å². The van der Waals surface area contributed by atoms with E-state index >= 15 is 0 Å². The van der Waals surface area contributed by atoms with Crippen LogP contribution < -0.4 is 0 Å². The van der Waals surface area contributed by atoms with Crippen molar-refractivity contribution in [2.24, 2.45) is 0 Å². The van der Waals surface area contributed by atoms with Crippen LogP contribution in [0.4, 0.5) is 8.78 Å². The molecule has 0 aliphatic heterocycles. The fourth-order valence-electron chi connectivity index (χ4n) is 2.30. The van der Waals surface area contributed by atoms with Crippen LogP contribution in [-0.2, 0) is 12.8 Å². The number of hydrogen-bond acceptors (Lipinski definition) is 2. The van der Waals surface area contributed by atoms with Crippen molar-refractivity contribution in [1.29, 1.82) is 0 Å². The maximum atomic E-state index is 13.6. The first-order chi connectivity index (χ1) is 9.65. The normalized spacial score (nSPS) is 11.2. The maximum Gasteiger partial charge on any atom is 0.162 e. The number of aromatic nitrogens is 3. The van der Waals surface area contributed by atoms with Gasteiger partial charge in [-0.3, -0.25) is 5.10 Å². The monoisotopic (exact) mass is 273 g/mol. The zero-order valence-electron chi connectivity index (χ0n) is 11.0. The van der Waals surface area contributed by atoms with Gasteiger partial charge in [0.05, 0.1) is 11.7 Å². The Labute approximate surface area is 114 Å². The van der Waals surface area contributed by atoms with Gasteiger partial charge in [0.1, 0.15) is 5.52 Å². The average molecular weight is 273 g/mol. The second-order valence-electron chi connectivity index (χ2n) is 4.77. The first-order valence-corrected chi connectivity index (χ1v) is 6.37. The smallest absolute Gasteiger partial charge is 0.162 e. The molecule has 0 fully saturated rings. The predicted octanol–water partition coefficient (Wildman–Crippen LogP) is 3.33. The number of nitrogens with one attached hydrogen (secondary N) is 1. The van der Waals surface area contributed by atoms with E-state index in [0.29, 0.717) is 18.4 Å². The minimum atomic E-state index is -0.808. The van der Waals surface area contributed by atoms with Crippen LogP contribution in [0.3, 0.4) is 0 Å². The molecule has 0 saturated heterocycles. The fraction of sp³-hybridized carbons (Fsp3) is 0.200. The number of aromatic amines is 1. The first-order valence-electron chi connectivity index (χ1n) is 6.37. The third-order valence-corrected chi connectivity index (χ3v) is 3.34. The number of nitrogens with zero attached hydrogens (tertiary/aromatic N) is 2. The van der Waals surface area contributed by atoms with Gasteiger partial charge in [0.15, 0.2) is 11.6 Å². The molecule has 0 saturated carbocycles. The SMILES string of the molecule is Cc1cc(CCc2cccc(F)c2F)nc2cn[nH]c12. The van der Waals surface area contributed by atoms with Crippen LogP contribution in [0.15, 0.2) is 30.5 Å². The summed E-state index contributed by atoms with van der Waals surface area (Å²) in [7, 11) is 0. The van der Waals surface area contributed by atoms with Crippen molar-refractivity contribution in [3.63, 3.8) is 0 Å². The number of benzene rings is 1. The van der Waals surface area contributed by atoms with Crippen LogP contribution in [0.25, 0.3) is 11.0 Å². The molecule has 0 bridgehead atoms. The number of halogens is 2. The summed E-state index contributed by atoms with van der Waals surface area (Å²) in [5, 5.41) is 6.83. The van der Waals surface area contributed by atoms with E-state index in [2.05, 4.69) is 15.2 Å². The molecule has 3 aromatic rings. The summed E-state index contributed by atoms with van der Waals surface area (Å²) in [6, 6.07) is 6.18. The summed E-state index contributed by atoms with van der Waals surface area (Å²) in [5.41, 5.74) is 3.96. The molecule has 2 heterocycles. The van der Waals surface area contributed by atoms with Gasteiger partial charge in [-0.05, 0) is 43.0 Å². The number of H-pyrrole nitrogens is 1. The van der Waals surface area contributed by atoms with Crippen LogP contribution in [0.1, 0.15) is 16.8 Å². The third-order valence-electron chi connectivity index (χ3n) is 3.34. The standard InChI is InChI=1S/C15H13F2N3/c1-9-7-11(19-13-8-18-20-15(9)13)6-5-10-3-2-4-12(16)14(10)17/h2-4,7-8H,5-6H2,1H3,(H,18,20). The summed E-state index contributed by atoms with van der Waals surface area (Å²) in [4.78, 5) is 4.45.